The SMILES string of the molecule is Cc1ccc(CC(=O)O)cc1OCc1c(C)ccc(OS(=O)(=O)Oc2ccc(C)c(COc3cc(CC(=O)O)ccc3C)c2C)c1C. The van der Waals surface area contributed by atoms with Crippen molar-refractivity contribution in [3.05, 3.63) is 116 Å². The summed E-state index contributed by atoms with van der Waals surface area (Å²) in [7, 11) is -4.57. The Morgan fingerprint density at radius 2 is 0.915 bits per heavy atom. The molecule has 0 saturated carbocycles. The average molecular weight is 663 g/mol. The molecule has 248 valence electrons. The van der Waals surface area contributed by atoms with Crippen LogP contribution >= 0.6 is 0 Å². The Balaban J connectivity index is 1.50. The third kappa shape index (κ3) is 9.04. The van der Waals surface area contributed by atoms with Crippen molar-refractivity contribution in [2.45, 2.75) is 67.6 Å². The number of carboxylic acids is 2. The highest BCUT2D eigenvalue weighted by atomic mass is 32.3. The Bertz CT molecular complexity index is 1800. The first-order valence-corrected chi connectivity index (χ1v) is 16.2. The van der Waals surface area contributed by atoms with Gasteiger partial charge in [-0.2, -0.15) is 0 Å². The molecular weight excluding hydrogens is 624 g/mol. The van der Waals surface area contributed by atoms with E-state index < -0.39 is 22.3 Å². The van der Waals surface area contributed by atoms with Gasteiger partial charge in [0, 0.05) is 0 Å². The molecule has 0 spiro atoms. The van der Waals surface area contributed by atoms with Crippen LogP contribution < -0.4 is 17.8 Å². The topological polar surface area (TPSA) is 146 Å². The summed E-state index contributed by atoms with van der Waals surface area (Å²) in [6.45, 7) is 11.1. The highest BCUT2D eigenvalue weighted by Crippen LogP contribution is 2.32. The first-order chi connectivity index (χ1) is 22.1. The lowest BCUT2D eigenvalue weighted by atomic mass is 10.0. The van der Waals surface area contributed by atoms with Crippen LogP contribution in [-0.4, -0.2) is 30.6 Å². The number of aryl methyl sites for hydroxylation is 4. The number of rotatable bonds is 14. The monoisotopic (exact) mass is 662 g/mol. The lowest BCUT2D eigenvalue weighted by molar-refractivity contribution is -0.137. The molecule has 0 fully saturated rings. The number of hydrogen-bond acceptors (Lipinski definition) is 8. The summed E-state index contributed by atoms with van der Waals surface area (Å²) in [6.07, 6.45) is -0.264. The Morgan fingerprint density at radius 1 is 0.553 bits per heavy atom. The van der Waals surface area contributed by atoms with Crippen molar-refractivity contribution in [2.24, 2.45) is 0 Å². The molecule has 0 unspecified atom stereocenters. The van der Waals surface area contributed by atoms with E-state index in [0.29, 0.717) is 33.8 Å². The summed E-state index contributed by atoms with van der Waals surface area (Å²) in [5, 5.41) is 18.3. The van der Waals surface area contributed by atoms with Crippen molar-refractivity contribution >= 4 is 22.3 Å². The lowest BCUT2D eigenvalue weighted by Crippen LogP contribution is -2.18. The summed E-state index contributed by atoms with van der Waals surface area (Å²) >= 11 is 0. The molecule has 10 nitrogen and oxygen atoms in total. The largest absolute Gasteiger partial charge is 0.501 e. The van der Waals surface area contributed by atoms with E-state index in [1.165, 1.54) is 0 Å². The van der Waals surface area contributed by atoms with Crippen LogP contribution in [0, 0.1) is 41.5 Å². The number of aliphatic carboxylic acids is 2. The molecule has 0 aliphatic carbocycles. The fourth-order valence-corrected chi connectivity index (χ4v) is 5.91. The lowest BCUT2D eigenvalue weighted by Gasteiger charge is -2.18. The van der Waals surface area contributed by atoms with E-state index in [2.05, 4.69) is 0 Å². The van der Waals surface area contributed by atoms with Crippen molar-refractivity contribution in [1.29, 1.82) is 0 Å². The van der Waals surface area contributed by atoms with E-state index in [-0.39, 0.29) is 37.6 Å². The smallest absolute Gasteiger partial charge is 0.489 e. The van der Waals surface area contributed by atoms with Crippen LogP contribution in [0.2, 0.25) is 0 Å². The predicted octanol–water partition coefficient (Wildman–Crippen LogP) is 6.65. The van der Waals surface area contributed by atoms with Crippen LogP contribution in [0.15, 0.2) is 60.7 Å². The fraction of sp³-hybridized carbons (Fsp3) is 0.278. The summed E-state index contributed by atoms with van der Waals surface area (Å²) in [5.41, 5.74) is 7.12. The minimum atomic E-state index is -4.57. The van der Waals surface area contributed by atoms with Crippen LogP contribution in [-0.2, 0) is 46.0 Å². The first-order valence-electron chi connectivity index (χ1n) is 14.8. The quantitative estimate of drug-likeness (QED) is 0.150. The molecule has 4 aromatic rings. The van der Waals surface area contributed by atoms with Gasteiger partial charge in [0.05, 0.1) is 12.8 Å². The molecule has 0 aliphatic rings. The second-order valence-corrected chi connectivity index (χ2v) is 12.6. The molecule has 0 aliphatic heterocycles. The third-order valence-electron chi connectivity index (χ3n) is 7.91. The molecule has 4 rings (SSSR count). The molecule has 11 heteroatoms. The molecule has 0 radical (unpaired) electrons. The van der Waals surface area contributed by atoms with Crippen molar-refractivity contribution in [3.63, 3.8) is 0 Å². The Hall–Kier alpha value is -5.03. The first kappa shape index (κ1) is 34.8. The predicted molar refractivity (Wildman–Crippen MR) is 176 cm³/mol. The molecule has 2 N–H and O–H groups in total. The van der Waals surface area contributed by atoms with Crippen LogP contribution in [0.25, 0.3) is 0 Å². The molecule has 0 heterocycles. The van der Waals surface area contributed by atoms with Gasteiger partial charge in [0.1, 0.15) is 36.2 Å². The van der Waals surface area contributed by atoms with E-state index in [9.17, 15) is 18.0 Å². The van der Waals surface area contributed by atoms with Gasteiger partial charge in [0.2, 0.25) is 0 Å². The molecule has 0 saturated heterocycles. The van der Waals surface area contributed by atoms with Gasteiger partial charge in [-0.25, -0.2) is 0 Å². The maximum Gasteiger partial charge on any atom is 0.501 e. The molecule has 0 aromatic heterocycles. The summed E-state index contributed by atoms with van der Waals surface area (Å²) in [6, 6.07) is 17.0. The van der Waals surface area contributed by atoms with Crippen LogP contribution in [0.5, 0.6) is 23.0 Å². The minimum Gasteiger partial charge on any atom is -0.489 e. The molecule has 4 aromatic carbocycles. The average Bonchev–Trinajstić information content (AvgIpc) is 2.98. The van der Waals surface area contributed by atoms with E-state index in [1.54, 1.807) is 74.5 Å². The Labute approximate surface area is 274 Å². The molecule has 47 heavy (non-hydrogen) atoms. The van der Waals surface area contributed by atoms with E-state index in [0.717, 1.165) is 33.4 Å². The minimum absolute atomic E-state index is 0.0792. The van der Waals surface area contributed by atoms with E-state index >= 15 is 0 Å². The van der Waals surface area contributed by atoms with Gasteiger partial charge in [-0.05, 0) is 121 Å². The van der Waals surface area contributed by atoms with Gasteiger partial charge >= 0.3 is 22.3 Å². The van der Waals surface area contributed by atoms with Gasteiger partial charge in [0.25, 0.3) is 0 Å². The van der Waals surface area contributed by atoms with Crippen LogP contribution in [0.3, 0.4) is 0 Å². The van der Waals surface area contributed by atoms with Gasteiger partial charge in [0.15, 0.2) is 0 Å². The van der Waals surface area contributed by atoms with Gasteiger partial charge < -0.3 is 28.1 Å². The summed E-state index contributed by atoms with van der Waals surface area (Å²) in [5.74, 6) is -0.669. The number of ether oxygens (including phenoxy) is 2. The van der Waals surface area contributed by atoms with Gasteiger partial charge in [-0.15, -0.1) is 8.42 Å². The van der Waals surface area contributed by atoms with Crippen LogP contribution in [0.4, 0.5) is 0 Å². The van der Waals surface area contributed by atoms with Crippen molar-refractivity contribution in [1.82, 2.24) is 0 Å². The summed E-state index contributed by atoms with van der Waals surface area (Å²) in [4.78, 5) is 22.3. The maximum absolute atomic E-state index is 13.2. The molecular formula is C36H38O10S. The number of benzene rings is 4. The van der Waals surface area contributed by atoms with Crippen LogP contribution in [0.1, 0.15) is 55.6 Å². The van der Waals surface area contributed by atoms with Gasteiger partial charge in [-0.1, -0.05) is 36.4 Å². The van der Waals surface area contributed by atoms with Crippen molar-refractivity contribution < 1.29 is 46.1 Å². The highest BCUT2D eigenvalue weighted by molar-refractivity contribution is 7.82. The van der Waals surface area contributed by atoms with E-state index in [1.807, 2.05) is 27.7 Å². The number of carbonyl (C=O) groups is 2. The zero-order chi connectivity index (χ0) is 34.5. The van der Waals surface area contributed by atoms with Crippen molar-refractivity contribution in [2.75, 3.05) is 0 Å². The van der Waals surface area contributed by atoms with Gasteiger partial charge in [-0.3, -0.25) is 9.59 Å². The Kier molecular flexibility index (Phi) is 10.8. The van der Waals surface area contributed by atoms with E-state index in [4.69, 9.17) is 28.1 Å². The fourth-order valence-electron chi connectivity index (χ4n) is 5.07. The highest BCUT2D eigenvalue weighted by Gasteiger charge is 2.22. The normalized spacial score (nSPS) is 11.2. The number of carboxylic acid groups (broad SMARTS) is 2. The molecule has 0 atom stereocenters. The zero-order valence-corrected chi connectivity index (χ0v) is 28.0. The Morgan fingerprint density at radius 3 is 1.28 bits per heavy atom. The number of hydrogen-bond donors (Lipinski definition) is 2. The second-order valence-electron chi connectivity index (χ2n) is 11.5. The third-order valence-corrected chi connectivity index (χ3v) is 8.68. The molecule has 0 amide bonds. The summed E-state index contributed by atoms with van der Waals surface area (Å²) < 4.78 is 49.3. The molecule has 0 bridgehead atoms. The van der Waals surface area contributed by atoms with Crippen molar-refractivity contribution in [3.8, 4) is 23.0 Å². The maximum atomic E-state index is 13.2. The second kappa shape index (κ2) is 14.6. The standard InChI is InChI=1S/C36H38O10S/c1-21-9-13-31(25(5)29(21)19-43-33-15-27(17-35(37)38)11-7-23(33)3)45-47(41,42)46-32-14-10-22(2)30(26(32)6)20-44-34-16-28(18-36(39)40)12-8-24(34)4/h7-16H,17-20H2,1-6H3,(H,37,38)(H,39,40). The zero-order valence-electron chi connectivity index (χ0n) is 27.2.